The van der Waals surface area contributed by atoms with Crippen LogP contribution in [0.3, 0.4) is 0 Å². The molecule has 21 heavy (non-hydrogen) atoms. The molecule has 2 heterocycles. The van der Waals surface area contributed by atoms with E-state index >= 15 is 0 Å². The standard InChI is InChI=1S/C17H25N3O/c1-2-14(10-18-3-1)15-19-16(20-21-15)17-7-11-4-12(8-17)6-13(5-11)9-17/h11-14,18H,1-10H2. The van der Waals surface area contributed by atoms with E-state index in [-0.39, 0.29) is 5.41 Å². The molecule has 5 aliphatic rings. The van der Waals surface area contributed by atoms with Crippen molar-refractivity contribution in [2.75, 3.05) is 13.1 Å². The minimum absolute atomic E-state index is 0.276. The second kappa shape index (κ2) is 4.55. The highest BCUT2D eigenvalue weighted by molar-refractivity contribution is 5.17. The van der Waals surface area contributed by atoms with Crippen LogP contribution in [0.15, 0.2) is 4.52 Å². The number of nitrogens with one attached hydrogen (secondary N) is 1. The van der Waals surface area contributed by atoms with Crippen LogP contribution in [0.4, 0.5) is 0 Å². The van der Waals surface area contributed by atoms with E-state index in [1.807, 2.05) is 0 Å². The van der Waals surface area contributed by atoms with Gasteiger partial charge in [0.1, 0.15) is 0 Å². The fourth-order valence-electron chi connectivity index (χ4n) is 6.06. The van der Waals surface area contributed by atoms with Crippen LogP contribution in [-0.4, -0.2) is 23.2 Å². The normalized spacial score (nSPS) is 45.1. The van der Waals surface area contributed by atoms with Gasteiger partial charge in [0.05, 0.1) is 5.92 Å². The van der Waals surface area contributed by atoms with Gasteiger partial charge in [0, 0.05) is 12.0 Å². The van der Waals surface area contributed by atoms with Gasteiger partial charge in [0.2, 0.25) is 5.89 Å². The summed E-state index contributed by atoms with van der Waals surface area (Å²) >= 11 is 0. The molecule has 0 radical (unpaired) electrons. The fraction of sp³-hybridized carbons (Fsp3) is 0.882. The maximum Gasteiger partial charge on any atom is 0.231 e. The average molecular weight is 287 g/mol. The third kappa shape index (κ3) is 1.98. The molecule has 6 rings (SSSR count). The lowest BCUT2D eigenvalue weighted by Crippen LogP contribution is -2.49. The van der Waals surface area contributed by atoms with Crippen molar-refractivity contribution >= 4 is 0 Å². The van der Waals surface area contributed by atoms with Gasteiger partial charge < -0.3 is 9.84 Å². The van der Waals surface area contributed by atoms with Gasteiger partial charge in [-0.1, -0.05) is 5.16 Å². The first kappa shape index (κ1) is 12.6. The number of piperidine rings is 1. The molecule has 1 aromatic rings. The number of rotatable bonds is 2. The molecule has 1 aromatic heterocycles. The zero-order chi connectivity index (χ0) is 13.9. The molecule has 0 amide bonds. The molecule has 114 valence electrons. The zero-order valence-electron chi connectivity index (χ0n) is 12.7. The molecule has 1 aliphatic heterocycles. The highest BCUT2D eigenvalue weighted by Crippen LogP contribution is 2.60. The smallest absolute Gasteiger partial charge is 0.231 e. The van der Waals surface area contributed by atoms with Crippen molar-refractivity contribution in [3.63, 3.8) is 0 Å². The van der Waals surface area contributed by atoms with Crippen molar-refractivity contribution in [2.45, 2.75) is 62.7 Å². The van der Waals surface area contributed by atoms with Crippen LogP contribution in [0.5, 0.6) is 0 Å². The van der Waals surface area contributed by atoms with Crippen LogP contribution >= 0.6 is 0 Å². The van der Waals surface area contributed by atoms with Crippen molar-refractivity contribution in [1.82, 2.24) is 15.5 Å². The molecule has 0 spiro atoms. The molecule has 4 aliphatic carbocycles. The third-order valence-electron chi connectivity index (χ3n) is 6.60. The molecule has 0 aromatic carbocycles. The summed E-state index contributed by atoms with van der Waals surface area (Å²) in [6, 6.07) is 0. The summed E-state index contributed by atoms with van der Waals surface area (Å²) in [7, 11) is 0. The molecule has 1 atom stereocenters. The monoisotopic (exact) mass is 287 g/mol. The van der Waals surface area contributed by atoms with E-state index in [1.54, 1.807) is 0 Å². The predicted octanol–water partition coefficient (Wildman–Crippen LogP) is 3.00. The molecule has 5 fully saturated rings. The van der Waals surface area contributed by atoms with Crippen molar-refractivity contribution in [2.24, 2.45) is 17.8 Å². The number of nitrogens with zero attached hydrogens (tertiary/aromatic N) is 2. The largest absolute Gasteiger partial charge is 0.339 e. The van der Waals surface area contributed by atoms with Crippen LogP contribution in [0.2, 0.25) is 0 Å². The quantitative estimate of drug-likeness (QED) is 0.908. The lowest BCUT2D eigenvalue weighted by molar-refractivity contribution is -0.0103. The van der Waals surface area contributed by atoms with Gasteiger partial charge in [0.15, 0.2) is 5.82 Å². The van der Waals surface area contributed by atoms with Gasteiger partial charge in [-0.05, 0) is 75.7 Å². The fourth-order valence-corrected chi connectivity index (χ4v) is 6.06. The maximum absolute atomic E-state index is 5.69. The molecule has 4 saturated carbocycles. The van der Waals surface area contributed by atoms with E-state index in [0.29, 0.717) is 5.92 Å². The Balaban J connectivity index is 1.44. The highest BCUT2D eigenvalue weighted by Gasteiger charge is 2.53. The minimum Gasteiger partial charge on any atom is -0.339 e. The molecule has 4 nitrogen and oxygen atoms in total. The van der Waals surface area contributed by atoms with Crippen molar-refractivity contribution in [1.29, 1.82) is 0 Å². The Bertz CT molecular complexity index is 497. The van der Waals surface area contributed by atoms with Crippen LogP contribution < -0.4 is 5.32 Å². The molecule has 1 N–H and O–H groups in total. The van der Waals surface area contributed by atoms with Crippen molar-refractivity contribution in [3.8, 4) is 0 Å². The molecule has 4 heteroatoms. The lowest BCUT2D eigenvalue weighted by Gasteiger charge is -2.55. The van der Waals surface area contributed by atoms with Gasteiger partial charge in [-0.25, -0.2) is 0 Å². The summed E-state index contributed by atoms with van der Waals surface area (Å²) in [5, 5.41) is 7.92. The lowest BCUT2D eigenvalue weighted by atomic mass is 9.49. The third-order valence-corrected chi connectivity index (χ3v) is 6.60. The van der Waals surface area contributed by atoms with Gasteiger partial charge in [-0.15, -0.1) is 0 Å². The first-order valence-corrected chi connectivity index (χ1v) is 8.85. The second-order valence-corrected chi connectivity index (χ2v) is 8.20. The second-order valence-electron chi connectivity index (χ2n) is 8.20. The Hall–Kier alpha value is -0.900. The van der Waals surface area contributed by atoms with Gasteiger partial charge >= 0.3 is 0 Å². The number of aromatic nitrogens is 2. The summed E-state index contributed by atoms with van der Waals surface area (Å²) in [6.07, 6.45) is 10.8. The Kier molecular flexibility index (Phi) is 2.73. The summed E-state index contributed by atoms with van der Waals surface area (Å²) in [5.41, 5.74) is 0.276. The van der Waals surface area contributed by atoms with Gasteiger partial charge in [0.25, 0.3) is 0 Å². The van der Waals surface area contributed by atoms with Crippen LogP contribution in [0.1, 0.15) is 69.0 Å². The van der Waals surface area contributed by atoms with E-state index in [4.69, 9.17) is 9.51 Å². The van der Waals surface area contributed by atoms with Crippen LogP contribution in [0, 0.1) is 17.8 Å². The predicted molar refractivity (Wildman–Crippen MR) is 79.0 cm³/mol. The molecular formula is C17H25N3O. The van der Waals surface area contributed by atoms with Crippen LogP contribution in [0.25, 0.3) is 0 Å². The summed E-state index contributed by atoms with van der Waals surface area (Å²) < 4.78 is 5.69. The Morgan fingerprint density at radius 3 is 2.38 bits per heavy atom. The Labute approximate surface area is 126 Å². The summed E-state index contributed by atoms with van der Waals surface area (Å²) in [5.74, 6) is 5.21. The topological polar surface area (TPSA) is 51.0 Å². The first-order chi connectivity index (χ1) is 10.3. The van der Waals surface area contributed by atoms with Crippen LogP contribution in [-0.2, 0) is 5.41 Å². The maximum atomic E-state index is 5.69. The SMILES string of the molecule is C1CNCC(c2nc(C34CC5CC(CC(C5)C3)C4)no2)C1. The summed E-state index contributed by atoms with van der Waals surface area (Å²) in [4.78, 5) is 4.91. The number of hydrogen-bond donors (Lipinski definition) is 1. The first-order valence-electron chi connectivity index (χ1n) is 8.85. The van der Waals surface area contributed by atoms with Gasteiger partial charge in [-0.2, -0.15) is 4.98 Å². The van der Waals surface area contributed by atoms with E-state index in [0.717, 1.165) is 42.6 Å². The van der Waals surface area contributed by atoms with E-state index in [1.165, 1.54) is 51.4 Å². The average Bonchev–Trinajstić information content (AvgIpc) is 2.97. The van der Waals surface area contributed by atoms with E-state index < -0.39 is 0 Å². The highest BCUT2D eigenvalue weighted by atomic mass is 16.5. The molecule has 1 saturated heterocycles. The minimum atomic E-state index is 0.276. The van der Waals surface area contributed by atoms with Gasteiger partial charge in [-0.3, -0.25) is 0 Å². The van der Waals surface area contributed by atoms with Crippen molar-refractivity contribution in [3.05, 3.63) is 11.7 Å². The molecule has 4 bridgehead atoms. The molecular weight excluding hydrogens is 262 g/mol. The molecule has 1 unspecified atom stereocenters. The Morgan fingerprint density at radius 2 is 1.76 bits per heavy atom. The van der Waals surface area contributed by atoms with Crippen molar-refractivity contribution < 1.29 is 4.52 Å². The zero-order valence-corrected chi connectivity index (χ0v) is 12.7. The Morgan fingerprint density at radius 1 is 1.05 bits per heavy atom. The number of hydrogen-bond acceptors (Lipinski definition) is 4. The van der Waals surface area contributed by atoms with E-state index in [2.05, 4.69) is 10.5 Å². The van der Waals surface area contributed by atoms with E-state index in [9.17, 15) is 0 Å². The summed E-state index contributed by atoms with van der Waals surface area (Å²) in [6.45, 7) is 2.13.